The first-order valence-corrected chi connectivity index (χ1v) is 11.4. The predicted molar refractivity (Wildman–Crippen MR) is 117 cm³/mol. The third-order valence-electron chi connectivity index (χ3n) is 5.45. The number of methoxy groups -OCH3 is 1. The Kier molecular flexibility index (Phi) is 5.74. The van der Waals surface area contributed by atoms with Gasteiger partial charge in [0.2, 0.25) is 10.0 Å². The molecule has 0 aliphatic carbocycles. The van der Waals surface area contributed by atoms with Crippen LogP contribution >= 0.6 is 0 Å². The van der Waals surface area contributed by atoms with Crippen LogP contribution in [0.3, 0.4) is 0 Å². The van der Waals surface area contributed by atoms with Crippen molar-refractivity contribution >= 4 is 26.5 Å². The normalized spacial score (nSPS) is 14.9. The molecule has 0 spiro atoms. The van der Waals surface area contributed by atoms with E-state index < -0.39 is 10.0 Å². The minimum absolute atomic E-state index is 0.264. The van der Waals surface area contributed by atoms with Crippen LogP contribution < -0.4 is 14.4 Å². The average Bonchev–Trinajstić information content (AvgIpc) is 2.78. The number of fused-ring (bicyclic) bond motifs is 1. The molecule has 0 saturated carbocycles. The molecular formula is C23H26N2O3S. The molecule has 1 N–H and O–H groups in total. The van der Waals surface area contributed by atoms with Crippen LogP contribution in [0.1, 0.15) is 24.8 Å². The lowest BCUT2D eigenvalue weighted by Crippen LogP contribution is -2.29. The van der Waals surface area contributed by atoms with Crippen molar-refractivity contribution in [2.24, 2.45) is 0 Å². The highest BCUT2D eigenvalue weighted by Crippen LogP contribution is 2.24. The van der Waals surface area contributed by atoms with Gasteiger partial charge in [0.1, 0.15) is 5.75 Å². The number of sulfonamides is 1. The molecule has 1 aliphatic heterocycles. The minimum atomic E-state index is -3.59. The molecule has 0 unspecified atom stereocenters. The van der Waals surface area contributed by atoms with Crippen molar-refractivity contribution in [3.63, 3.8) is 0 Å². The number of nitrogens with zero attached hydrogens (tertiary/aromatic N) is 1. The average molecular weight is 411 g/mol. The summed E-state index contributed by atoms with van der Waals surface area (Å²) >= 11 is 0. The first kappa shape index (κ1) is 19.7. The zero-order chi connectivity index (χ0) is 20.3. The quantitative estimate of drug-likeness (QED) is 0.658. The number of piperidine rings is 1. The molecule has 1 aliphatic rings. The first-order chi connectivity index (χ1) is 14.0. The van der Waals surface area contributed by atoms with Crippen LogP contribution in [0.5, 0.6) is 5.75 Å². The van der Waals surface area contributed by atoms with E-state index in [9.17, 15) is 8.42 Å². The number of benzene rings is 3. The Bertz CT molecular complexity index is 1090. The Hall–Kier alpha value is -2.57. The molecule has 5 nitrogen and oxygen atoms in total. The fraction of sp³-hybridized carbons (Fsp3) is 0.304. The number of hydrogen-bond acceptors (Lipinski definition) is 4. The lowest BCUT2D eigenvalue weighted by molar-refractivity contribution is 0.415. The van der Waals surface area contributed by atoms with Crippen LogP contribution in [0.4, 0.5) is 5.69 Å². The maximum absolute atomic E-state index is 12.7. The molecule has 0 radical (unpaired) electrons. The summed E-state index contributed by atoms with van der Waals surface area (Å²) in [7, 11) is -1.97. The topological polar surface area (TPSA) is 58.6 Å². The summed E-state index contributed by atoms with van der Waals surface area (Å²) in [6, 6.07) is 18.9. The lowest BCUT2D eigenvalue weighted by atomic mass is 10.1. The smallest absolute Gasteiger partial charge is 0.240 e. The second-order valence-corrected chi connectivity index (χ2v) is 9.18. The zero-order valence-corrected chi connectivity index (χ0v) is 17.4. The second-order valence-electron chi connectivity index (χ2n) is 7.41. The maximum atomic E-state index is 12.7. The largest absolute Gasteiger partial charge is 0.497 e. The SMILES string of the molecule is COc1ccc2cc(S(=O)(=O)NCc3ccc(N4CCCCC4)cc3)ccc2c1. The molecule has 0 aromatic heterocycles. The summed E-state index contributed by atoms with van der Waals surface area (Å²) in [5.41, 5.74) is 2.15. The van der Waals surface area contributed by atoms with Crippen molar-refractivity contribution in [2.75, 3.05) is 25.1 Å². The summed E-state index contributed by atoms with van der Waals surface area (Å²) in [6.45, 7) is 2.46. The highest BCUT2D eigenvalue weighted by Gasteiger charge is 2.15. The maximum Gasteiger partial charge on any atom is 0.240 e. The van der Waals surface area contributed by atoms with Gasteiger partial charge in [-0.05, 0) is 72.0 Å². The van der Waals surface area contributed by atoms with Gasteiger partial charge in [-0.25, -0.2) is 13.1 Å². The van der Waals surface area contributed by atoms with Gasteiger partial charge in [0, 0.05) is 25.3 Å². The molecule has 152 valence electrons. The Labute approximate surface area is 172 Å². The molecule has 3 aromatic carbocycles. The van der Waals surface area contributed by atoms with Crippen molar-refractivity contribution in [1.82, 2.24) is 4.72 Å². The van der Waals surface area contributed by atoms with Gasteiger partial charge in [-0.3, -0.25) is 0 Å². The van der Waals surface area contributed by atoms with E-state index in [2.05, 4.69) is 21.8 Å². The third-order valence-corrected chi connectivity index (χ3v) is 6.85. The first-order valence-electron chi connectivity index (χ1n) is 9.96. The summed E-state index contributed by atoms with van der Waals surface area (Å²) in [5.74, 6) is 0.749. The van der Waals surface area contributed by atoms with E-state index in [0.29, 0.717) is 0 Å². The standard InChI is InChI=1S/C23H26N2O3S/c1-28-22-11-7-20-16-23(12-8-19(20)15-22)29(26,27)24-17-18-5-9-21(10-6-18)25-13-3-2-4-14-25/h5-12,15-16,24H,2-4,13-14,17H2,1H3. The van der Waals surface area contributed by atoms with Crippen molar-refractivity contribution < 1.29 is 13.2 Å². The molecule has 1 saturated heterocycles. The van der Waals surface area contributed by atoms with Crippen LogP contribution in [0.15, 0.2) is 65.6 Å². The van der Waals surface area contributed by atoms with Gasteiger partial charge >= 0.3 is 0 Å². The Morgan fingerprint density at radius 2 is 1.59 bits per heavy atom. The van der Waals surface area contributed by atoms with Crippen LogP contribution in [-0.2, 0) is 16.6 Å². The Balaban J connectivity index is 1.45. The van der Waals surface area contributed by atoms with E-state index >= 15 is 0 Å². The molecule has 6 heteroatoms. The van der Waals surface area contributed by atoms with Gasteiger partial charge in [-0.15, -0.1) is 0 Å². The van der Waals surface area contributed by atoms with E-state index in [1.165, 1.54) is 24.9 Å². The molecule has 0 atom stereocenters. The van der Waals surface area contributed by atoms with E-state index in [0.717, 1.165) is 35.2 Å². The Morgan fingerprint density at radius 1 is 0.897 bits per heavy atom. The second kappa shape index (κ2) is 8.43. The predicted octanol–water partition coefficient (Wildman–Crippen LogP) is 4.32. The van der Waals surface area contributed by atoms with Gasteiger partial charge in [-0.1, -0.05) is 24.3 Å². The minimum Gasteiger partial charge on any atom is -0.497 e. The lowest BCUT2D eigenvalue weighted by Gasteiger charge is -2.28. The summed E-state index contributed by atoms with van der Waals surface area (Å²) in [6.07, 6.45) is 3.78. The molecule has 1 heterocycles. The van der Waals surface area contributed by atoms with Gasteiger partial charge in [-0.2, -0.15) is 0 Å². The summed E-state index contributed by atoms with van der Waals surface area (Å²) in [5, 5.41) is 1.80. The van der Waals surface area contributed by atoms with Gasteiger partial charge in [0.05, 0.1) is 12.0 Å². The van der Waals surface area contributed by atoms with E-state index in [-0.39, 0.29) is 11.4 Å². The monoisotopic (exact) mass is 410 g/mol. The third kappa shape index (κ3) is 4.54. The summed E-state index contributed by atoms with van der Waals surface area (Å²) in [4.78, 5) is 2.65. The zero-order valence-electron chi connectivity index (χ0n) is 16.6. The molecular weight excluding hydrogens is 384 g/mol. The Morgan fingerprint density at radius 3 is 2.31 bits per heavy atom. The van der Waals surface area contributed by atoms with E-state index in [4.69, 9.17) is 4.74 Å². The number of hydrogen-bond donors (Lipinski definition) is 1. The van der Waals surface area contributed by atoms with Crippen molar-refractivity contribution in [2.45, 2.75) is 30.7 Å². The van der Waals surface area contributed by atoms with E-state index in [1.54, 1.807) is 25.3 Å². The van der Waals surface area contributed by atoms with Gasteiger partial charge in [0.25, 0.3) is 0 Å². The van der Waals surface area contributed by atoms with Crippen molar-refractivity contribution in [3.8, 4) is 5.75 Å². The van der Waals surface area contributed by atoms with Crippen LogP contribution in [-0.4, -0.2) is 28.6 Å². The van der Waals surface area contributed by atoms with Gasteiger partial charge < -0.3 is 9.64 Å². The van der Waals surface area contributed by atoms with Crippen LogP contribution in [0.25, 0.3) is 10.8 Å². The highest BCUT2D eigenvalue weighted by atomic mass is 32.2. The molecule has 4 rings (SSSR count). The van der Waals surface area contributed by atoms with Crippen molar-refractivity contribution in [3.05, 3.63) is 66.2 Å². The molecule has 0 bridgehead atoms. The fourth-order valence-corrected chi connectivity index (χ4v) is 4.79. The number of ether oxygens (including phenoxy) is 1. The number of rotatable bonds is 6. The van der Waals surface area contributed by atoms with Crippen molar-refractivity contribution in [1.29, 1.82) is 0 Å². The molecule has 29 heavy (non-hydrogen) atoms. The molecule has 0 amide bonds. The molecule has 1 fully saturated rings. The van der Waals surface area contributed by atoms with Gasteiger partial charge in [0.15, 0.2) is 0 Å². The van der Waals surface area contributed by atoms with Crippen LogP contribution in [0.2, 0.25) is 0 Å². The number of anilines is 1. The van der Waals surface area contributed by atoms with Crippen LogP contribution in [0, 0.1) is 0 Å². The summed E-state index contributed by atoms with van der Waals surface area (Å²) < 4.78 is 33.4. The van der Waals surface area contributed by atoms with E-state index in [1.807, 2.05) is 30.3 Å². The number of nitrogens with one attached hydrogen (secondary N) is 1. The highest BCUT2D eigenvalue weighted by molar-refractivity contribution is 7.89. The fourth-order valence-electron chi connectivity index (χ4n) is 3.73. The molecule has 3 aromatic rings.